The van der Waals surface area contributed by atoms with Crippen molar-refractivity contribution in [1.29, 1.82) is 0 Å². The molecule has 2 aliphatic rings. The molecule has 0 aromatic heterocycles. The van der Waals surface area contributed by atoms with Gasteiger partial charge in [-0.05, 0) is 91.5 Å². The molecule has 0 fully saturated rings. The van der Waals surface area contributed by atoms with E-state index in [0.717, 1.165) is 39.7 Å². The summed E-state index contributed by atoms with van der Waals surface area (Å²) in [7, 11) is 0. The highest BCUT2D eigenvalue weighted by atomic mass is 16.5. The van der Waals surface area contributed by atoms with Crippen LogP contribution in [-0.2, 0) is 10.8 Å². The number of hydrogen-bond acceptors (Lipinski definition) is 2. The van der Waals surface area contributed by atoms with Crippen LogP contribution in [0.4, 0.5) is 17.1 Å². The van der Waals surface area contributed by atoms with Gasteiger partial charge in [-0.3, -0.25) is 0 Å². The van der Waals surface area contributed by atoms with Crippen LogP contribution < -0.4 is 9.64 Å². The predicted octanol–water partition coefficient (Wildman–Crippen LogP) is 15.9. The van der Waals surface area contributed by atoms with Gasteiger partial charge >= 0.3 is 0 Å². The molecule has 0 saturated carbocycles. The summed E-state index contributed by atoms with van der Waals surface area (Å²) in [6.07, 6.45) is 0. The molecule has 12 rings (SSSR count). The first kappa shape index (κ1) is 36.2. The highest BCUT2D eigenvalue weighted by Gasteiger charge is 2.48. The first-order valence-corrected chi connectivity index (χ1v) is 21.6. The molecule has 0 amide bonds. The third-order valence-corrected chi connectivity index (χ3v) is 13.6. The molecular formula is C60H43NO. The highest BCUT2D eigenvalue weighted by Crippen LogP contribution is 2.62. The van der Waals surface area contributed by atoms with E-state index in [1.807, 2.05) is 0 Å². The van der Waals surface area contributed by atoms with Crippen molar-refractivity contribution in [3.8, 4) is 33.8 Å². The Bertz CT molecular complexity index is 3290. The van der Waals surface area contributed by atoms with Crippen molar-refractivity contribution >= 4 is 38.6 Å². The number of benzene rings is 10. The van der Waals surface area contributed by atoms with Crippen LogP contribution >= 0.6 is 0 Å². The second kappa shape index (κ2) is 13.9. The molecule has 0 atom stereocenters. The summed E-state index contributed by atoms with van der Waals surface area (Å²) in [5, 5.41) is 4.92. The zero-order chi connectivity index (χ0) is 41.4. The Kier molecular flexibility index (Phi) is 8.14. The summed E-state index contributed by atoms with van der Waals surface area (Å²) in [5.41, 5.74) is 14.5. The summed E-state index contributed by atoms with van der Waals surface area (Å²) in [5.74, 6) is 1.82. The Balaban J connectivity index is 1.09. The van der Waals surface area contributed by atoms with Crippen molar-refractivity contribution in [2.24, 2.45) is 0 Å². The maximum atomic E-state index is 7.21. The SMILES string of the molecule is CC1(C)c2cc(N(c3ccc(-c4ccccc4)cc3)c3cc4ccccc4c4ccccc34)ccc2-c2c1ccc1c2Oc2ccccc2C1(c1ccccc1)c1ccccc1. The van der Waals surface area contributed by atoms with Gasteiger partial charge in [0.1, 0.15) is 11.5 Å². The number of ether oxygens (including phenoxy) is 1. The Hall–Kier alpha value is -7.68. The lowest BCUT2D eigenvalue weighted by Crippen LogP contribution is -2.34. The minimum absolute atomic E-state index is 0.313. The van der Waals surface area contributed by atoms with Crippen LogP contribution in [0.1, 0.15) is 47.2 Å². The summed E-state index contributed by atoms with van der Waals surface area (Å²) in [6.45, 7) is 4.74. The van der Waals surface area contributed by atoms with E-state index in [0.29, 0.717) is 0 Å². The monoisotopic (exact) mass is 793 g/mol. The molecular weight excluding hydrogens is 751 g/mol. The normalized spacial score (nSPS) is 14.0. The van der Waals surface area contributed by atoms with E-state index in [1.165, 1.54) is 66.1 Å². The summed E-state index contributed by atoms with van der Waals surface area (Å²) >= 11 is 0. The molecule has 10 aromatic carbocycles. The summed E-state index contributed by atoms with van der Waals surface area (Å²) < 4.78 is 7.21. The standard InChI is InChI=1S/C60H43NO/c1-59(2)52-36-37-53-58(62-56-29-17-16-28-51(56)60(53,43-21-8-4-9-22-43)44-23-10-5-11-24-44)57(52)50-35-34-46(39-54(50)59)61(45-32-30-41(31-33-45)40-18-6-3-7-19-40)55-38-42-20-12-13-25-47(42)48-26-14-15-27-49(48)55/h3-39H,1-2H3. The van der Waals surface area contributed by atoms with Gasteiger partial charge in [0.25, 0.3) is 0 Å². The van der Waals surface area contributed by atoms with Crippen LogP contribution in [0.3, 0.4) is 0 Å². The Morgan fingerprint density at radius 2 is 0.968 bits per heavy atom. The molecule has 1 heterocycles. The molecule has 0 unspecified atom stereocenters. The van der Waals surface area contributed by atoms with Gasteiger partial charge in [-0.1, -0.05) is 202 Å². The van der Waals surface area contributed by atoms with Gasteiger partial charge < -0.3 is 9.64 Å². The second-order valence-electron chi connectivity index (χ2n) is 17.2. The number of para-hydroxylation sites is 1. The Labute approximate surface area is 363 Å². The maximum Gasteiger partial charge on any atom is 0.140 e. The fraction of sp³-hybridized carbons (Fsp3) is 0.0667. The van der Waals surface area contributed by atoms with E-state index in [-0.39, 0.29) is 5.41 Å². The molecule has 0 radical (unpaired) electrons. The zero-order valence-corrected chi connectivity index (χ0v) is 34.7. The van der Waals surface area contributed by atoms with Crippen molar-refractivity contribution in [3.05, 3.63) is 258 Å². The molecule has 0 saturated heterocycles. The van der Waals surface area contributed by atoms with Gasteiger partial charge in [0.05, 0.1) is 11.1 Å². The van der Waals surface area contributed by atoms with E-state index in [2.05, 4.69) is 243 Å². The smallest absolute Gasteiger partial charge is 0.140 e. The quantitative estimate of drug-likeness (QED) is 0.156. The van der Waals surface area contributed by atoms with Crippen LogP contribution in [0.25, 0.3) is 43.8 Å². The van der Waals surface area contributed by atoms with Crippen LogP contribution in [0.2, 0.25) is 0 Å². The van der Waals surface area contributed by atoms with Crippen molar-refractivity contribution in [1.82, 2.24) is 0 Å². The largest absolute Gasteiger partial charge is 0.456 e. The van der Waals surface area contributed by atoms with E-state index >= 15 is 0 Å². The van der Waals surface area contributed by atoms with Crippen molar-refractivity contribution in [3.63, 3.8) is 0 Å². The van der Waals surface area contributed by atoms with Gasteiger partial charge in [0.15, 0.2) is 0 Å². The average Bonchev–Trinajstić information content (AvgIpc) is 3.57. The van der Waals surface area contributed by atoms with Crippen LogP contribution in [0.5, 0.6) is 11.5 Å². The maximum absolute atomic E-state index is 7.21. The number of anilines is 3. The van der Waals surface area contributed by atoms with Crippen LogP contribution in [0, 0.1) is 0 Å². The number of nitrogens with zero attached hydrogens (tertiary/aromatic N) is 1. The van der Waals surface area contributed by atoms with Crippen LogP contribution in [-0.4, -0.2) is 0 Å². The predicted molar refractivity (Wildman–Crippen MR) is 258 cm³/mol. The Morgan fingerprint density at radius 1 is 0.403 bits per heavy atom. The summed E-state index contributed by atoms with van der Waals surface area (Å²) in [4.78, 5) is 2.46. The van der Waals surface area contributed by atoms with E-state index in [4.69, 9.17) is 4.74 Å². The van der Waals surface area contributed by atoms with E-state index < -0.39 is 5.41 Å². The number of rotatable bonds is 6. The van der Waals surface area contributed by atoms with Crippen molar-refractivity contribution in [2.75, 3.05) is 4.90 Å². The second-order valence-corrected chi connectivity index (χ2v) is 17.2. The van der Waals surface area contributed by atoms with Gasteiger partial charge in [-0.15, -0.1) is 0 Å². The molecule has 2 nitrogen and oxygen atoms in total. The lowest BCUT2D eigenvalue weighted by molar-refractivity contribution is 0.435. The fourth-order valence-corrected chi connectivity index (χ4v) is 10.7. The van der Waals surface area contributed by atoms with Crippen molar-refractivity contribution in [2.45, 2.75) is 24.7 Å². The molecule has 0 N–H and O–H groups in total. The highest BCUT2D eigenvalue weighted by molar-refractivity contribution is 6.14. The molecule has 62 heavy (non-hydrogen) atoms. The minimum Gasteiger partial charge on any atom is -0.456 e. The topological polar surface area (TPSA) is 12.5 Å². The molecule has 0 bridgehead atoms. The molecule has 1 aliphatic heterocycles. The minimum atomic E-state index is -0.589. The molecule has 294 valence electrons. The molecule has 2 heteroatoms. The van der Waals surface area contributed by atoms with Gasteiger partial charge in [-0.2, -0.15) is 0 Å². The molecule has 10 aromatic rings. The van der Waals surface area contributed by atoms with Crippen molar-refractivity contribution < 1.29 is 4.74 Å². The third kappa shape index (κ3) is 5.29. The van der Waals surface area contributed by atoms with Gasteiger partial charge in [0, 0.05) is 38.9 Å². The van der Waals surface area contributed by atoms with E-state index in [1.54, 1.807) is 0 Å². The molecule has 0 spiro atoms. The summed E-state index contributed by atoms with van der Waals surface area (Å²) in [6, 6.07) is 82.0. The zero-order valence-electron chi connectivity index (χ0n) is 34.7. The van der Waals surface area contributed by atoms with Gasteiger partial charge in [-0.25, -0.2) is 0 Å². The number of hydrogen-bond donors (Lipinski definition) is 0. The lowest BCUT2D eigenvalue weighted by atomic mass is 9.63. The molecule has 1 aliphatic carbocycles. The first-order chi connectivity index (χ1) is 30.5. The average molecular weight is 794 g/mol. The first-order valence-electron chi connectivity index (χ1n) is 21.6. The van der Waals surface area contributed by atoms with Gasteiger partial charge in [0.2, 0.25) is 0 Å². The van der Waals surface area contributed by atoms with Crippen LogP contribution in [0.15, 0.2) is 224 Å². The fourth-order valence-electron chi connectivity index (χ4n) is 10.7. The third-order valence-electron chi connectivity index (χ3n) is 13.6. The number of fused-ring (bicyclic) bond motifs is 9. The van der Waals surface area contributed by atoms with E-state index in [9.17, 15) is 0 Å². The Morgan fingerprint density at radius 3 is 1.69 bits per heavy atom. The lowest BCUT2D eigenvalue weighted by Gasteiger charge is -2.42.